The van der Waals surface area contributed by atoms with Crippen molar-refractivity contribution >= 4 is 5.82 Å². The molecule has 21 heavy (non-hydrogen) atoms. The molecule has 0 unspecified atom stereocenters. The van der Waals surface area contributed by atoms with Crippen LogP contribution in [0.3, 0.4) is 0 Å². The Morgan fingerprint density at radius 3 is 2.86 bits per heavy atom. The molecule has 110 valence electrons. The first-order valence-corrected chi connectivity index (χ1v) is 7.61. The average Bonchev–Trinajstić information content (AvgIpc) is 2.56. The predicted molar refractivity (Wildman–Crippen MR) is 84.2 cm³/mol. The number of hydrogen-bond acceptors (Lipinski definition) is 5. The minimum atomic E-state index is 0.493. The highest BCUT2D eigenvalue weighted by Crippen LogP contribution is 2.19. The summed E-state index contributed by atoms with van der Waals surface area (Å²) in [7, 11) is 0. The quantitative estimate of drug-likeness (QED) is 0.901. The zero-order valence-corrected chi connectivity index (χ0v) is 12.3. The fourth-order valence-electron chi connectivity index (χ4n) is 2.55. The number of pyridine rings is 1. The Bertz CT molecular complexity index is 578. The van der Waals surface area contributed by atoms with Crippen LogP contribution in [0.1, 0.15) is 25.5 Å². The Morgan fingerprint density at radius 2 is 2.14 bits per heavy atom. The number of aryl methyl sites for hydroxylation is 1. The Hall–Kier alpha value is -2.01. The molecule has 0 aliphatic carbocycles. The number of anilines is 1. The van der Waals surface area contributed by atoms with Crippen LogP contribution in [0.4, 0.5) is 5.82 Å². The minimum absolute atomic E-state index is 0.493. The predicted octanol–water partition coefficient (Wildman–Crippen LogP) is 2.26. The van der Waals surface area contributed by atoms with Crippen molar-refractivity contribution in [2.45, 2.75) is 32.2 Å². The lowest BCUT2D eigenvalue weighted by molar-refractivity contribution is 0.478. The van der Waals surface area contributed by atoms with Crippen LogP contribution in [0.5, 0.6) is 0 Å². The van der Waals surface area contributed by atoms with Crippen molar-refractivity contribution in [3.05, 3.63) is 36.3 Å². The van der Waals surface area contributed by atoms with Crippen molar-refractivity contribution < 1.29 is 0 Å². The third-order valence-electron chi connectivity index (χ3n) is 3.75. The molecule has 1 fully saturated rings. The maximum Gasteiger partial charge on any atom is 0.163 e. The number of hydrogen-bond donors (Lipinski definition) is 2. The van der Waals surface area contributed by atoms with E-state index in [1.807, 2.05) is 18.3 Å². The van der Waals surface area contributed by atoms with E-state index in [1.165, 1.54) is 0 Å². The molecule has 1 saturated heterocycles. The topological polar surface area (TPSA) is 62.7 Å². The molecule has 0 saturated carbocycles. The lowest BCUT2D eigenvalue weighted by Crippen LogP contribution is -2.35. The van der Waals surface area contributed by atoms with Gasteiger partial charge in [-0.05, 0) is 44.5 Å². The van der Waals surface area contributed by atoms with E-state index in [0.29, 0.717) is 6.04 Å². The monoisotopic (exact) mass is 283 g/mol. The zero-order chi connectivity index (χ0) is 14.5. The first-order valence-electron chi connectivity index (χ1n) is 7.61. The molecule has 2 N–H and O–H groups in total. The van der Waals surface area contributed by atoms with Crippen LogP contribution < -0.4 is 10.6 Å². The first kappa shape index (κ1) is 13.9. The fourth-order valence-corrected chi connectivity index (χ4v) is 2.55. The number of aromatic nitrogens is 3. The van der Waals surface area contributed by atoms with Gasteiger partial charge in [0.05, 0.1) is 0 Å². The van der Waals surface area contributed by atoms with E-state index in [-0.39, 0.29) is 0 Å². The third kappa shape index (κ3) is 3.55. The molecule has 5 heteroatoms. The normalized spacial score (nSPS) is 15.9. The molecule has 0 spiro atoms. The molecule has 1 aliphatic heterocycles. The highest BCUT2D eigenvalue weighted by Gasteiger charge is 2.14. The van der Waals surface area contributed by atoms with Crippen molar-refractivity contribution in [2.24, 2.45) is 0 Å². The minimum Gasteiger partial charge on any atom is -0.367 e. The SMILES string of the molecule is CCc1cc(NC2CCNCC2)nc(-c2cccnc2)n1. The van der Waals surface area contributed by atoms with E-state index in [4.69, 9.17) is 0 Å². The summed E-state index contributed by atoms with van der Waals surface area (Å²) in [4.78, 5) is 13.4. The van der Waals surface area contributed by atoms with Crippen molar-refractivity contribution in [1.82, 2.24) is 20.3 Å². The Labute approximate surface area is 125 Å². The van der Waals surface area contributed by atoms with E-state index in [0.717, 1.165) is 55.3 Å². The number of nitrogens with one attached hydrogen (secondary N) is 2. The highest BCUT2D eigenvalue weighted by molar-refractivity contribution is 5.56. The number of nitrogens with zero attached hydrogens (tertiary/aromatic N) is 3. The van der Waals surface area contributed by atoms with Gasteiger partial charge in [-0.3, -0.25) is 4.98 Å². The molecule has 0 aromatic carbocycles. The Balaban J connectivity index is 1.86. The second-order valence-electron chi connectivity index (χ2n) is 5.33. The van der Waals surface area contributed by atoms with Crippen LogP contribution in [0.25, 0.3) is 11.4 Å². The molecular formula is C16H21N5. The van der Waals surface area contributed by atoms with Gasteiger partial charge in [-0.2, -0.15) is 0 Å². The molecule has 3 rings (SSSR count). The van der Waals surface area contributed by atoms with E-state index in [2.05, 4.69) is 38.6 Å². The van der Waals surface area contributed by atoms with E-state index in [9.17, 15) is 0 Å². The highest BCUT2D eigenvalue weighted by atomic mass is 15.1. The average molecular weight is 283 g/mol. The van der Waals surface area contributed by atoms with Gasteiger partial charge in [0.15, 0.2) is 5.82 Å². The van der Waals surface area contributed by atoms with Crippen LogP contribution in [0.15, 0.2) is 30.6 Å². The van der Waals surface area contributed by atoms with Crippen LogP contribution in [0, 0.1) is 0 Å². The van der Waals surface area contributed by atoms with E-state index < -0.39 is 0 Å². The smallest absolute Gasteiger partial charge is 0.163 e. The summed E-state index contributed by atoms with van der Waals surface area (Å²) in [6, 6.07) is 6.46. The molecule has 2 aromatic heterocycles. The van der Waals surface area contributed by atoms with Gasteiger partial charge in [0.2, 0.25) is 0 Å². The third-order valence-corrected chi connectivity index (χ3v) is 3.75. The summed E-state index contributed by atoms with van der Waals surface area (Å²) in [6.45, 7) is 4.25. The van der Waals surface area contributed by atoms with Gasteiger partial charge in [0.1, 0.15) is 5.82 Å². The van der Waals surface area contributed by atoms with E-state index >= 15 is 0 Å². The summed E-state index contributed by atoms with van der Waals surface area (Å²) in [5.41, 5.74) is 2.02. The van der Waals surface area contributed by atoms with Gasteiger partial charge < -0.3 is 10.6 Å². The van der Waals surface area contributed by atoms with Gasteiger partial charge in [0, 0.05) is 35.8 Å². The molecule has 0 atom stereocenters. The maximum atomic E-state index is 4.66. The lowest BCUT2D eigenvalue weighted by atomic mass is 10.1. The summed E-state index contributed by atoms with van der Waals surface area (Å²) in [5.74, 6) is 1.67. The van der Waals surface area contributed by atoms with Crippen molar-refractivity contribution in [2.75, 3.05) is 18.4 Å². The van der Waals surface area contributed by atoms with Gasteiger partial charge in [0.25, 0.3) is 0 Å². The number of piperidine rings is 1. The second kappa shape index (κ2) is 6.63. The van der Waals surface area contributed by atoms with Gasteiger partial charge in [-0.25, -0.2) is 9.97 Å². The summed E-state index contributed by atoms with van der Waals surface area (Å²) in [6.07, 6.45) is 6.74. The summed E-state index contributed by atoms with van der Waals surface area (Å²) < 4.78 is 0. The maximum absolute atomic E-state index is 4.66. The molecule has 0 radical (unpaired) electrons. The zero-order valence-electron chi connectivity index (χ0n) is 12.3. The van der Waals surface area contributed by atoms with Gasteiger partial charge >= 0.3 is 0 Å². The molecule has 0 amide bonds. The summed E-state index contributed by atoms with van der Waals surface area (Å²) >= 11 is 0. The van der Waals surface area contributed by atoms with Crippen molar-refractivity contribution in [3.8, 4) is 11.4 Å². The molecule has 5 nitrogen and oxygen atoms in total. The molecule has 0 bridgehead atoms. The van der Waals surface area contributed by atoms with Crippen LogP contribution in [-0.4, -0.2) is 34.1 Å². The fraction of sp³-hybridized carbons (Fsp3) is 0.438. The Morgan fingerprint density at radius 1 is 1.29 bits per heavy atom. The largest absolute Gasteiger partial charge is 0.367 e. The van der Waals surface area contributed by atoms with Crippen molar-refractivity contribution in [3.63, 3.8) is 0 Å². The van der Waals surface area contributed by atoms with Crippen molar-refractivity contribution in [1.29, 1.82) is 0 Å². The first-order chi connectivity index (χ1) is 10.3. The van der Waals surface area contributed by atoms with Gasteiger partial charge in [-0.1, -0.05) is 6.92 Å². The van der Waals surface area contributed by atoms with Gasteiger partial charge in [-0.15, -0.1) is 0 Å². The summed E-state index contributed by atoms with van der Waals surface area (Å²) in [5, 5.41) is 6.93. The number of rotatable bonds is 4. The second-order valence-corrected chi connectivity index (χ2v) is 5.33. The molecule has 1 aliphatic rings. The lowest BCUT2D eigenvalue weighted by Gasteiger charge is -2.24. The molecular weight excluding hydrogens is 262 g/mol. The molecule has 3 heterocycles. The van der Waals surface area contributed by atoms with Crippen LogP contribution in [-0.2, 0) is 6.42 Å². The van der Waals surface area contributed by atoms with E-state index in [1.54, 1.807) is 6.20 Å². The van der Waals surface area contributed by atoms with Crippen LogP contribution >= 0.6 is 0 Å². The molecule has 2 aromatic rings. The van der Waals surface area contributed by atoms with Crippen LogP contribution in [0.2, 0.25) is 0 Å². The Kier molecular flexibility index (Phi) is 4.40. The standard InChI is InChI=1S/C16H21N5/c1-2-13-10-15(19-14-5-8-17-9-6-14)21-16(20-13)12-4-3-7-18-11-12/h3-4,7,10-11,14,17H,2,5-6,8-9H2,1H3,(H,19,20,21).